The summed E-state index contributed by atoms with van der Waals surface area (Å²) < 4.78 is 0. The van der Waals surface area contributed by atoms with Gasteiger partial charge in [-0.2, -0.15) is 5.10 Å². The number of carbonyl (C=O) groups excluding carboxylic acids is 1. The number of thiophene rings is 1. The maximum Gasteiger partial charge on any atom is 0.335 e. The number of hydrazone groups is 1. The van der Waals surface area contributed by atoms with Gasteiger partial charge >= 0.3 is 6.03 Å². The first-order valence-electron chi connectivity index (χ1n) is 7.85. The molecule has 1 aromatic heterocycles. The van der Waals surface area contributed by atoms with Gasteiger partial charge in [0, 0.05) is 10.4 Å². The van der Waals surface area contributed by atoms with Crippen molar-refractivity contribution >= 4 is 23.6 Å². The third kappa shape index (κ3) is 2.71. The van der Waals surface area contributed by atoms with Crippen molar-refractivity contribution in [2.24, 2.45) is 22.9 Å². The molecule has 5 heteroatoms. The van der Waals surface area contributed by atoms with Crippen LogP contribution in [0, 0.1) is 17.8 Å². The quantitative estimate of drug-likeness (QED) is 0.653. The highest BCUT2D eigenvalue weighted by atomic mass is 32.1. The van der Waals surface area contributed by atoms with Gasteiger partial charge in [-0.3, -0.25) is 0 Å². The van der Waals surface area contributed by atoms with E-state index in [2.05, 4.69) is 15.8 Å². The normalized spacial score (nSPS) is 37.0. The third-order valence-corrected chi connectivity index (χ3v) is 6.12. The minimum absolute atomic E-state index is 0.0529. The Balaban J connectivity index is 1.36. The first-order chi connectivity index (χ1) is 10.2. The zero-order valence-electron chi connectivity index (χ0n) is 12.0. The first-order valence-corrected chi connectivity index (χ1v) is 8.73. The summed E-state index contributed by atoms with van der Waals surface area (Å²) in [6, 6.07) is 3.80. The zero-order valence-corrected chi connectivity index (χ0v) is 12.9. The van der Waals surface area contributed by atoms with Crippen LogP contribution in [0.25, 0.3) is 0 Å². The molecule has 4 bridgehead atoms. The number of rotatable bonds is 3. The van der Waals surface area contributed by atoms with E-state index in [0.29, 0.717) is 0 Å². The van der Waals surface area contributed by atoms with E-state index in [9.17, 15) is 4.79 Å². The predicted molar refractivity (Wildman–Crippen MR) is 84.5 cm³/mol. The summed E-state index contributed by atoms with van der Waals surface area (Å²) in [5.41, 5.74) is 2.67. The van der Waals surface area contributed by atoms with E-state index in [-0.39, 0.29) is 11.6 Å². The fourth-order valence-corrected chi connectivity index (χ4v) is 5.64. The molecule has 112 valence electrons. The van der Waals surface area contributed by atoms with Crippen molar-refractivity contribution in [2.45, 2.75) is 44.1 Å². The molecule has 0 aliphatic heterocycles. The van der Waals surface area contributed by atoms with Gasteiger partial charge < -0.3 is 5.32 Å². The van der Waals surface area contributed by atoms with Gasteiger partial charge in [0.1, 0.15) is 0 Å². The highest BCUT2D eigenvalue weighted by molar-refractivity contribution is 7.11. The van der Waals surface area contributed by atoms with E-state index < -0.39 is 0 Å². The Hall–Kier alpha value is -1.36. The van der Waals surface area contributed by atoms with Gasteiger partial charge in [-0.05, 0) is 67.7 Å². The number of carbonyl (C=O) groups is 1. The lowest BCUT2D eigenvalue weighted by molar-refractivity contribution is -0.0135. The lowest BCUT2D eigenvalue weighted by atomic mass is 9.53. The molecule has 0 aromatic carbocycles. The first kappa shape index (κ1) is 13.3. The molecule has 0 atom stereocenters. The average molecular weight is 303 g/mol. The molecule has 21 heavy (non-hydrogen) atoms. The van der Waals surface area contributed by atoms with Crippen LogP contribution in [0.2, 0.25) is 0 Å². The lowest BCUT2D eigenvalue weighted by Gasteiger charge is -2.56. The molecule has 0 spiro atoms. The van der Waals surface area contributed by atoms with Crippen LogP contribution in [-0.4, -0.2) is 17.8 Å². The van der Waals surface area contributed by atoms with Gasteiger partial charge in [-0.15, -0.1) is 11.3 Å². The van der Waals surface area contributed by atoms with E-state index in [0.717, 1.165) is 22.6 Å². The van der Waals surface area contributed by atoms with E-state index in [1.165, 1.54) is 38.5 Å². The Labute approximate surface area is 129 Å². The van der Waals surface area contributed by atoms with Crippen LogP contribution in [0.3, 0.4) is 0 Å². The maximum atomic E-state index is 12.1. The van der Waals surface area contributed by atoms with E-state index >= 15 is 0 Å². The van der Waals surface area contributed by atoms with Crippen molar-refractivity contribution in [3.63, 3.8) is 0 Å². The fourth-order valence-electron chi connectivity index (χ4n) is 5.05. The minimum atomic E-state index is -0.148. The molecule has 4 fully saturated rings. The monoisotopic (exact) mass is 303 g/mol. The largest absolute Gasteiger partial charge is 0.335 e. The highest BCUT2D eigenvalue weighted by Gasteiger charge is 2.51. The van der Waals surface area contributed by atoms with Crippen LogP contribution in [0.1, 0.15) is 43.4 Å². The van der Waals surface area contributed by atoms with Gasteiger partial charge in [0.15, 0.2) is 0 Å². The van der Waals surface area contributed by atoms with Gasteiger partial charge in [0.25, 0.3) is 0 Å². The molecule has 0 saturated heterocycles. The van der Waals surface area contributed by atoms with Crippen LogP contribution in [-0.2, 0) is 0 Å². The maximum absolute atomic E-state index is 12.1. The number of hydrogen-bond donors (Lipinski definition) is 2. The molecule has 2 N–H and O–H groups in total. The molecule has 4 aliphatic rings. The van der Waals surface area contributed by atoms with Crippen molar-refractivity contribution < 1.29 is 4.79 Å². The lowest BCUT2D eigenvalue weighted by Crippen LogP contribution is -2.61. The van der Waals surface area contributed by atoms with Crippen LogP contribution in [0.4, 0.5) is 4.79 Å². The smallest absolute Gasteiger partial charge is 0.331 e. The second-order valence-corrected chi connectivity index (χ2v) is 8.02. The molecule has 1 heterocycles. The Morgan fingerprint density at radius 3 is 2.48 bits per heavy atom. The molecule has 4 nitrogen and oxygen atoms in total. The van der Waals surface area contributed by atoms with Crippen molar-refractivity contribution in [1.82, 2.24) is 10.7 Å². The fraction of sp³-hybridized carbons (Fsp3) is 0.625. The Bertz CT molecular complexity index is 517. The number of nitrogens with one attached hydrogen (secondary N) is 2. The van der Waals surface area contributed by atoms with Crippen molar-refractivity contribution in [2.75, 3.05) is 0 Å². The molecule has 1 aromatic rings. The predicted octanol–water partition coefficient (Wildman–Crippen LogP) is 3.35. The second kappa shape index (κ2) is 5.13. The third-order valence-electron chi connectivity index (χ3n) is 5.32. The molecular weight excluding hydrogens is 282 g/mol. The number of urea groups is 1. The van der Waals surface area contributed by atoms with Crippen LogP contribution in [0.5, 0.6) is 0 Å². The number of hydrogen-bond acceptors (Lipinski definition) is 3. The van der Waals surface area contributed by atoms with Crippen LogP contribution >= 0.6 is 11.3 Å². The summed E-state index contributed by atoms with van der Waals surface area (Å²) in [6.45, 7) is 0. The van der Waals surface area contributed by atoms with E-state index in [1.807, 2.05) is 17.5 Å². The molecule has 4 saturated carbocycles. The average Bonchev–Trinajstić information content (AvgIpc) is 2.89. The van der Waals surface area contributed by atoms with Gasteiger partial charge in [-0.1, -0.05) is 6.07 Å². The highest BCUT2D eigenvalue weighted by Crippen LogP contribution is 2.55. The zero-order chi connectivity index (χ0) is 14.3. The molecule has 2 amide bonds. The molecule has 5 rings (SSSR count). The second-order valence-electron chi connectivity index (χ2n) is 7.04. The summed E-state index contributed by atoms with van der Waals surface area (Å²) in [6.07, 6.45) is 9.37. The van der Waals surface area contributed by atoms with Crippen LogP contribution < -0.4 is 10.7 Å². The molecule has 0 unspecified atom stereocenters. The Morgan fingerprint density at radius 2 is 1.90 bits per heavy atom. The van der Waals surface area contributed by atoms with Crippen LogP contribution in [0.15, 0.2) is 22.6 Å². The van der Waals surface area contributed by atoms with Gasteiger partial charge in [-0.25, -0.2) is 10.2 Å². The molecule has 0 radical (unpaired) electrons. The van der Waals surface area contributed by atoms with Crippen molar-refractivity contribution in [1.29, 1.82) is 0 Å². The van der Waals surface area contributed by atoms with Gasteiger partial charge in [0.05, 0.1) is 6.21 Å². The van der Waals surface area contributed by atoms with E-state index in [4.69, 9.17) is 0 Å². The SMILES string of the molecule is O=C(N/N=C\c1cccs1)NC12CC3CC(CC(C3)C1)C2. The van der Waals surface area contributed by atoms with Crippen molar-refractivity contribution in [3.05, 3.63) is 22.4 Å². The summed E-state index contributed by atoms with van der Waals surface area (Å²) >= 11 is 1.61. The Kier molecular flexibility index (Phi) is 3.25. The Morgan fingerprint density at radius 1 is 1.24 bits per heavy atom. The van der Waals surface area contributed by atoms with E-state index in [1.54, 1.807) is 17.6 Å². The summed E-state index contributed by atoms with van der Waals surface area (Å²) in [5.74, 6) is 2.52. The number of amides is 2. The summed E-state index contributed by atoms with van der Waals surface area (Å²) in [4.78, 5) is 13.2. The minimum Gasteiger partial charge on any atom is -0.331 e. The van der Waals surface area contributed by atoms with Crippen molar-refractivity contribution in [3.8, 4) is 0 Å². The summed E-state index contributed by atoms with van der Waals surface area (Å²) in [7, 11) is 0. The molecular formula is C16H21N3OS. The number of nitrogens with zero attached hydrogens (tertiary/aromatic N) is 1. The topological polar surface area (TPSA) is 53.5 Å². The van der Waals surface area contributed by atoms with Gasteiger partial charge in [0.2, 0.25) is 0 Å². The molecule has 4 aliphatic carbocycles. The standard InChI is InChI=1S/C16H21N3OS/c20-15(19-17-10-14-2-1-3-21-14)18-16-7-11-4-12(8-16)6-13(5-11)9-16/h1-3,10-13H,4-9H2,(H2,18,19,20)/b17-10-. The summed E-state index contributed by atoms with van der Waals surface area (Å²) in [5, 5.41) is 9.28.